The molecule has 100 valence electrons. The van der Waals surface area contributed by atoms with Crippen molar-refractivity contribution < 1.29 is 9.53 Å². The van der Waals surface area contributed by atoms with Crippen molar-refractivity contribution in [1.82, 2.24) is 14.3 Å². The maximum absolute atomic E-state index is 11.2. The van der Waals surface area contributed by atoms with Gasteiger partial charge in [-0.1, -0.05) is 6.92 Å². The first kappa shape index (κ1) is 13.2. The Morgan fingerprint density at radius 3 is 2.67 bits per heavy atom. The van der Waals surface area contributed by atoms with Crippen molar-refractivity contribution in [2.75, 3.05) is 44.7 Å². The van der Waals surface area contributed by atoms with Crippen LogP contribution >= 0.6 is 11.5 Å². The minimum Gasteiger partial charge on any atom is -0.468 e. The standard InChI is InChI=1S/C11H18N4O2S/c1-3-9-12-11(18-13-9)15-6-4-14(5-7-15)8-10(16)17-2/h3-8H2,1-2H3. The number of hydrogen-bond donors (Lipinski definition) is 0. The van der Waals surface area contributed by atoms with E-state index in [9.17, 15) is 4.79 Å². The highest BCUT2D eigenvalue weighted by atomic mass is 32.1. The Labute approximate surface area is 111 Å². The normalized spacial score (nSPS) is 16.9. The maximum atomic E-state index is 11.2. The average Bonchev–Trinajstić information content (AvgIpc) is 2.88. The number of rotatable bonds is 4. The third kappa shape index (κ3) is 3.17. The van der Waals surface area contributed by atoms with Crippen LogP contribution in [0.2, 0.25) is 0 Å². The zero-order chi connectivity index (χ0) is 13.0. The van der Waals surface area contributed by atoms with Crippen LogP contribution in [0.5, 0.6) is 0 Å². The van der Waals surface area contributed by atoms with Crippen molar-refractivity contribution >= 4 is 22.6 Å². The molecule has 0 aliphatic carbocycles. The number of ether oxygens (including phenoxy) is 1. The molecule has 0 radical (unpaired) electrons. The van der Waals surface area contributed by atoms with Crippen LogP contribution in [-0.2, 0) is 16.0 Å². The zero-order valence-electron chi connectivity index (χ0n) is 10.8. The van der Waals surface area contributed by atoms with E-state index in [0.29, 0.717) is 6.54 Å². The van der Waals surface area contributed by atoms with Gasteiger partial charge < -0.3 is 9.64 Å². The van der Waals surface area contributed by atoms with E-state index in [0.717, 1.165) is 43.6 Å². The van der Waals surface area contributed by atoms with Gasteiger partial charge in [0.05, 0.1) is 13.7 Å². The number of anilines is 1. The molecular formula is C11H18N4O2S. The number of aryl methyl sites for hydroxylation is 1. The fraction of sp³-hybridized carbons (Fsp3) is 0.727. The summed E-state index contributed by atoms with van der Waals surface area (Å²) in [5, 5.41) is 0.990. The summed E-state index contributed by atoms with van der Waals surface area (Å²) in [6.07, 6.45) is 0.874. The van der Waals surface area contributed by atoms with Crippen LogP contribution in [0.1, 0.15) is 12.7 Å². The Morgan fingerprint density at radius 2 is 2.11 bits per heavy atom. The molecule has 0 saturated carbocycles. The summed E-state index contributed by atoms with van der Waals surface area (Å²) in [7, 11) is 1.42. The van der Waals surface area contributed by atoms with Gasteiger partial charge in [0, 0.05) is 44.1 Å². The number of aromatic nitrogens is 2. The van der Waals surface area contributed by atoms with Gasteiger partial charge in [-0.05, 0) is 0 Å². The quantitative estimate of drug-likeness (QED) is 0.738. The fourth-order valence-corrected chi connectivity index (χ4v) is 2.66. The van der Waals surface area contributed by atoms with E-state index >= 15 is 0 Å². The van der Waals surface area contributed by atoms with Crippen molar-refractivity contribution in [3.05, 3.63) is 5.82 Å². The number of carbonyl (C=O) groups excluding carboxylic acids is 1. The van der Waals surface area contributed by atoms with Gasteiger partial charge in [-0.2, -0.15) is 4.37 Å². The third-order valence-electron chi connectivity index (χ3n) is 3.00. The molecule has 18 heavy (non-hydrogen) atoms. The predicted octanol–water partition coefficient (Wildman–Crippen LogP) is 0.395. The van der Waals surface area contributed by atoms with Crippen LogP contribution in [0.25, 0.3) is 0 Å². The molecule has 1 aliphatic heterocycles. The first-order valence-corrected chi connectivity index (χ1v) is 6.87. The van der Waals surface area contributed by atoms with E-state index in [1.54, 1.807) is 0 Å². The highest BCUT2D eigenvalue weighted by Gasteiger charge is 2.21. The van der Waals surface area contributed by atoms with E-state index in [1.165, 1.54) is 18.6 Å². The molecule has 0 aromatic carbocycles. The van der Waals surface area contributed by atoms with Crippen molar-refractivity contribution in [1.29, 1.82) is 0 Å². The lowest BCUT2D eigenvalue weighted by molar-refractivity contribution is -0.142. The molecule has 1 aliphatic rings. The molecule has 0 unspecified atom stereocenters. The Bertz CT molecular complexity index is 402. The third-order valence-corrected chi connectivity index (χ3v) is 3.81. The van der Waals surface area contributed by atoms with Crippen LogP contribution in [0.4, 0.5) is 5.13 Å². The highest BCUT2D eigenvalue weighted by Crippen LogP contribution is 2.19. The number of piperazine rings is 1. The van der Waals surface area contributed by atoms with E-state index in [2.05, 4.69) is 30.8 Å². The minimum absolute atomic E-state index is 0.173. The molecule has 0 bridgehead atoms. The first-order valence-electron chi connectivity index (χ1n) is 6.09. The highest BCUT2D eigenvalue weighted by molar-refractivity contribution is 7.09. The van der Waals surface area contributed by atoms with E-state index in [-0.39, 0.29) is 5.97 Å². The van der Waals surface area contributed by atoms with Crippen LogP contribution in [0, 0.1) is 0 Å². The topological polar surface area (TPSA) is 58.6 Å². The molecule has 0 spiro atoms. The zero-order valence-corrected chi connectivity index (χ0v) is 11.6. The van der Waals surface area contributed by atoms with Gasteiger partial charge in [0.15, 0.2) is 0 Å². The SMILES string of the molecule is CCc1nsc(N2CCN(CC(=O)OC)CC2)n1. The van der Waals surface area contributed by atoms with Gasteiger partial charge in [-0.3, -0.25) is 9.69 Å². The Kier molecular flexibility index (Phi) is 4.48. The van der Waals surface area contributed by atoms with E-state index in [1.807, 2.05) is 0 Å². The molecule has 1 saturated heterocycles. The number of esters is 1. The van der Waals surface area contributed by atoms with Crippen molar-refractivity contribution in [3.8, 4) is 0 Å². The number of methoxy groups -OCH3 is 1. The first-order chi connectivity index (χ1) is 8.72. The van der Waals surface area contributed by atoms with Gasteiger partial charge >= 0.3 is 5.97 Å². The molecule has 1 fully saturated rings. The fourth-order valence-electron chi connectivity index (χ4n) is 1.86. The molecule has 2 rings (SSSR count). The Morgan fingerprint density at radius 1 is 1.39 bits per heavy atom. The smallest absolute Gasteiger partial charge is 0.319 e. The summed E-state index contributed by atoms with van der Waals surface area (Å²) in [4.78, 5) is 20.0. The molecule has 2 heterocycles. The van der Waals surface area contributed by atoms with Crippen molar-refractivity contribution in [3.63, 3.8) is 0 Å². The minimum atomic E-state index is -0.173. The summed E-state index contributed by atoms with van der Waals surface area (Å²) < 4.78 is 8.96. The number of nitrogens with zero attached hydrogens (tertiary/aromatic N) is 4. The lowest BCUT2D eigenvalue weighted by atomic mass is 10.3. The monoisotopic (exact) mass is 270 g/mol. The summed E-state index contributed by atoms with van der Waals surface area (Å²) >= 11 is 1.45. The Hall–Kier alpha value is -1.21. The number of carbonyl (C=O) groups is 1. The van der Waals surface area contributed by atoms with Crippen LogP contribution < -0.4 is 4.90 Å². The van der Waals surface area contributed by atoms with Crippen LogP contribution in [0.3, 0.4) is 0 Å². The average molecular weight is 270 g/mol. The second-order valence-corrected chi connectivity index (χ2v) is 4.92. The predicted molar refractivity (Wildman–Crippen MR) is 70.0 cm³/mol. The lowest BCUT2D eigenvalue weighted by Gasteiger charge is -2.33. The van der Waals surface area contributed by atoms with Gasteiger partial charge in [-0.25, -0.2) is 4.98 Å². The summed E-state index contributed by atoms with van der Waals surface area (Å²) in [5.41, 5.74) is 0. The molecule has 0 atom stereocenters. The molecular weight excluding hydrogens is 252 g/mol. The van der Waals surface area contributed by atoms with E-state index in [4.69, 9.17) is 0 Å². The Balaban J connectivity index is 1.84. The van der Waals surface area contributed by atoms with Gasteiger partial charge in [0.2, 0.25) is 5.13 Å². The largest absolute Gasteiger partial charge is 0.468 e. The van der Waals surface area contributed by atoms with E-state index < -0.39 is 0 Å². The van der Waals surface area contributed by atoms with Gasteiger partial charge in [-0.15, -0.1) is 0 Å². The molecule has 7 heteroatoms. The molecule has 0 N–H and O–H groups in total. The van der Waals surface area contributed by atoms with Crippen molar-refractivity contribution in [2.24, 2.45) is 0 Å². The molecule has 6 nitrogen and oxygen atoms in total. The maximum Gasteiger partial charge on any atom is 0.319 e. The van der Waals surface area contributed by atoms with Crippen LogP contribution in [-0.4, -0.2) is 60.1 Å². The summed E-state index contributed by atoms with van der Waals surface area (Å²) in [6.45, 7) is 5.91. The summed E-state index contributed by atoms with van der Waals surface area (Å²) in [5.74, 6) is 0.736. The van der Waals surface area contributed by atoms with Crippen LogP contribution in [0.15, 0.2) is 0 Å². The lowest BCUT2D eigenvalue weighted by Crippen LogP contribution is -2.48. The van der Waals surface area contributed by atoms with Gasteiger partial charge in [0.1, 0.15) is 5.82 Å². The molecule has 0 amide bonds. The van der Waals surface area contributed by atoms with Gasteiger partial charge in [0.25, 0.3) is 0 Å². The number of hydrogen-bond acceptors (Lipinski definition) is 7. The molecule has 1 aromatic rings. The second kappa shape index (κ2) is 6.10. The second-order valence-electron chi connectivity index (χ2n) is 4.19. The van der Waals surface area contributed by atoms with Crippen molar-refractivity contribution in [2.45, 2.75) is 13.3 Å². The molecule has 1 aromatic heterocycles. The summed E-state index contributed by atoms with van der Waals surface area (Å²) in [6, 6.07) is 0.